The lowest BCUT2D eigenvalue weighted by Gasteiger charge is -2.26. The minimum Gasteiger partial charge on any atom is -0.449 e. The summed E-state index contributed by atoms with van der Waals surface area (Å²) in [6.07, 6.45) is -0.244. The predicted molar refractivity (Wildman–Crippen MR) is 222 cm³/mol. The average Bonchev–Trinajstić information content (AvgIpc) is 3.74. The highest BCUT2D eigenvalue weighted by Crippen LogP contribution is 2.52. The Hall–Kier alpha value is -5.83. The van der Waals surface area contributed by atoms with Crippen LogP contribution in [-0.2, 0) is 29.6 Å². The van der Waals surface area contributed by atoms with Crippen LogP contribution in [-0.4, -0.2) is 41.8 Å². The van der Waals surface area contributed by atoms with E-state index in [2.05, 4.69) is 21.7 Å². The fourth-order valence-electron chi connectivity index (χ4n) is 7.15. The van der Waals surface area contributed by atoms with Gasteiger partial charge in [-0.2, -0.15) is 5.26 Å². The Bertz CT molecular complexity index is 2550. The van der Waals surface area contributed by atoms with Gasteiger partial charge >= 0.3 is 13.7 Å². The first kappa shape index (κ1) is 39.4. The molecule has 0 spiro atoms. The smallest absolute Gasteiger partial charge is 0.407 e. The highest BCUT2D eigenvalue weighted by molar-refractivity contribution is 7.73. The lowest BCUT2D eigenvalue weighted by Crippen LogP contribution is -2.46. The van der Waals surface area contributed by atoms with Crippen LogP contribution < -0.4 is 15.9 Å². The molecule has 3 N–H and O–H groups in total. The van der Waals surface area contributed by atoms with E-state index in [1.807, 2.05) is 72.8 Å². The van der Waals surface area contributed by atoms with Crippen molar-refractivity contribution in [3.8, 4) is 28.5 Å². The summed E-state index contributed by atoms with van der Waals surface area (Å²) in [7, 11) is -4.37. The van der Waals surface area contributed by atoms with Gasteiger partial charge in [-0.1, -0.05) is 109 Å². The molecule has 13 heteroatoms. The maximum absolute atomic E-state index is 14.8. The van der Waals surface area contributed by atoms with E-state index in [9.17, 15) is 19.4 Å². The molecule has 2 aromatic heterocycles. The third-order valence-electron chi connectivity index (χ3n) is 9.50. The van der Waals surface area contributed by atoms with Crippen LogP contribution in [0.2, 0.25) is 0 Å². The Balaban J connectivity index is 1.26. The fraction of sp³-hybridized carbons (Fsp3) is 0.227. The molecule has 0 saturated carbocycles. The predicted octanol–water partition coefficient (Wildman–Crippen LogP) is 9.79. The van der Waals surface area contributed by atoms with E-state index in [1.165, 1.54) is 0 Å². The number of benzene rings is 4. The molecule has 11 nitrogen and oxygen atoms in total. The van der Waals surface area contributed by atoms with E-state index in [1.54, 1.807) is 64.2 Å². The van der Waals surface area contributed by atoms with Gasteiger partial charge in [0.1, 0.15) is 29.6 Å². The number of hydrogen-bond donors (Lipinski definition) is 3. The molecule has 4 aromatic carbocycles. The van der Waals surface area contributed by atoms with Gasteiger partial charge in [-0.25, -0.2) is 4.79 Å². The number of amides is 2. The van der Waals surface area contributed by atoms with Gasteiger partial charge in [0.15, 0.2) is 5.76 Å². The molecule has 290 valence electrons. The molecule has 6 aromatic rings. The molecule has 57 heavy (non-hydrogen) atoms. The molecule has 7 rings (SSSR count). The first-order valence-electron chi connectivity index (χ1n) is 18.6. The first-order valence-corrected chi connectivity index (χ1v) is 20.5. The summed E-state index contributed by atoms with van der Waals surface area (Å²) in [4.78, 5) is 31.6. The van der Waals surface area contributed by atoms with Crippen molar-refractivity contribution in [2.24, 2.45) is 0 Å². The number of fused-ring (bicyclic) bond motifs is 4. The van der Waals surface area contributed by atoms with Crippen molar-refractivity contribution in [1.82, 2.24) is 10.3 Å². The monoisotopic (exact) mass is 800 g/mol. The number of nitrogens with zero attached hydrogens (tertiary/aromatic N) is 1. The Kier molecular flexibility index (Phi) is 11.6. The van der Waals surface area contributed by atoms with E-state index in [-0.39, 0.29) is 46.0 Å². The minimum atomic E-state index is -4.37. The van der Waals surface area contributed by atoms with Crippen molar-refractivity contribution in [3.63, 3.8) is 0 Å². The highest BCUT2D eigenvalue weighted by Gasteiger charge is 2.39. The molecule has 0 saturated heterocycles. The second-order valence-electron chi connectivity index (χ2n) is 14.2. The van der Waals surface area contributed by atoms with E-state index in [0.29, 0.717) is 5.56 Å². The van der Waals surface area contributed by atoms with Crippen molar-refractivity contribution in [2.45, 2.75) is 58.3 Å². The molecule has 1 aliphatic carbocycles. The van der Waals surface area contributed by atoms with Crippen molar-refractivity contribution < 1.29 is 32.4 Å². The number of rotatable bonds is 13. The molecule has 1 aliphatic rings. The van der Waals surface area contributed by atoms with Crippen LogP contribution in [0, 0.1) is 15.8 Å². The van der Waals surface area contributed by atoms with E-state index < -0.39 is 37.8 Å². The highest BCUT2D eigenvalue weighted by atomic mass is 32.1. The number of hydrogen-bond acceptors (Lipinski definition) is 9. The van der Waals surface area contributed by atoms with Gasteiger partial charge in [-0.05, 0) is 61.6 Å². The number of ether oxygens (including phenoxy) is 1. The topological polar surface area (TPSA) is 156 Å². The van der Waals surface area contributed by atoms with Gasteiger partial charge < -0.3 is 28.5 Å². The van der Waals surface area contributed by atoms with Crippen molar-refractivity contribution in [3.05, 3.63) is 136 Å². The van der Waals surface area contributed by atoms with Crippen LogP contribution in [0.4, 0.5) is 10.7 Å². The summed E-state index contributed by atoms with van der Waals surface area (Å²) >= 11 is 5.84. The number of carbonyl (C=O) groups excluding carboxylic acids is 2. The number of H-pyrrole nitrogens is 1. The molecule has 0 radical (unpaired) electrons. The minimum absolute atomic E-state index is 0.0262. The zero-order valence-corrected chi connectivity index (χ0v) is 33.5. The maximum atomic E-state index is 14.8. The Morgan fingerprint density at radius 3 is 2.11 bits per heavy atom. The zero-order valence-electron chi connectivity index (χ0n) is 31.8. The lowest BCUT2D eigenvalue weighted by molar-refractivity contribution is -0.118. The lowest BCUT2D eigenvalue weighted by atomic mass is 9.98. The van der Waals surface area contributed by atoms with E-state index >= 15 is 0 Å². The Morgan fingerprint density at radius 2 is 1.47 bits per heavy atom. The number of anilines is 1. The second-order valence-corrected chi connectivity index (χ2v) is 16.4. The summed E-state index contributed by atoms with van der Waals surface area (Å²) in [5.41, 5.74) is 6.23. The third-order valence-corrected chi connectivity index (χ3v) is 12.4. The van der Waals surface area contributed by atoms with Gasteiger partial charge in [0.2, 0.25) is 11.8 Å². The molecular weight excluding hydrogens is 760 g/mol. The zero-order chi connectivity index (χ0) is 40.3. The summed E-state index contributed by atoms with van der Waals surface area (Å²) in [5, 5.41) is 16.5. The van der Waals surface area contributed by atoms with Crippen molar-refractivity contribution >= 4 is 53.9 Å². The number of carbonyl (C=O) groups is 2. The Morgan fingerprint density at radius 1 is 0.877 bits per heavy atom. The van der Waals surface area contributed by atoms with Gasteiger partial charge in [0.25, 0.3) is 0 Å². The van der Waals surface area contributed by atoms with Gasteiger partial charge in [0, 0.05) is 35.0 Å². The average molecular weight is 801 g/mol. The van der Waals surface area contributed by atoms with Gasteiger partial charge in [-0.15, -0.1) is 0 Å². The third kappa shape index (κ3) is 8.20. The SMILES string of the molecule is CC(C)OP(=O)(OC(C)C)c1c(NC(=O)[C@@H](Cc2c[nH]c3ccccc23)NC(=O)OCC2c3ccccc3-c3ccccc32)oc(-c2ccccc2)c(C#N)c1=S. The fourth-order valence-corrected chi connectivity index (χ4v) is 9.80. The first-order chi connectivity index (χ1) is 27.5. The number of aromatic nitrogens is 1. The Labute approximate surface area is 335 Å². The molecule has 2 heterocycles. The standard InChI is InChI=1S/C44H41N4O7PS/c1-26(2)54-56(51,55-27(3)4)40-41(57)35(23-45)39(28-14-6-5-7-15-28)53-43(40)48-42(49)38(22-29-24-46-37-21-13-12-16-30(29)37)47-44(50)52-25-36-33-19-10-8-17-31(33)32-18-9-11-20-34(32)36/h5-21,24,26-27,36,38,46H,22,25H2,1-4H3,(H,47,50)(H,48,49)/t38-/m1/s1. The van der Waals surface area contributed by atoms with E-state index in [0.717, 1.165) is 38.7 Å². The van der Waals surface area contributed by atoms with Crippen LogP contribution >= 0.6 is 19.8 Å². The largest absolute Gasteiger partial charge is 0.449 e. The molecule has 0 bridgehead atoms. The molecule has 0 fully saturated rings. The van der Waals surface area contributed by atoms with Gasteiger partial charge in [-0.3, -0.25) is 14.7 Å². The van der Waals surface area contributed by atoms with Crippen LogP contribution in [0.1, 0.15) is 55.9 Å². The summed E-state index contributed by atoms with van der Waals surface area (Å²) in [5.74, 6) is -1.24. The van der Waals surface area contributed by atoms with Crippen LogP contribution in [0.25, 0.3) is 33.4 Å². The summed E-state index contributed by atoms with van der Waals surface area (Å²) in [6.45, 7) is 6.72. The normalized spacial score (nSPS) is 12.9. The molecular formula is C44H41N4O7PS. The van der Waals surface area contributed by atoms with Crippen LogP contribution in [0.3, 0.4) is 0 Å². The van der Waals surface area contributed by atoms with Crippen LogP contribution in [0.15, 0.2) is 114 Å². The summed E-state index contributed by atoms with van der Waals surface area (Å²) < 4.78 is 38.7. The summed E-state index contributed by atoms with van der Waals surface area (Å²) in [6, 6.07) is 33.2. The quantitative estimate of drug-likeness (QED) is 0.0765. The molecule has 1 atom stereocenters. The maximum Gasteiger partial charge on any atom is 0.407 e. The molecule has 2 amide bonds. The second kappa shape index (κ2) is 16.7. The number of aromatic amines is 1. The number of alkyl carbamates (subject to hydrolysis) is 1. The van der Waals surface area contributed by atoms with Crippen molar-refractivity contribution in [2.75, 3.05) is 11.9 Å². The number of nitriles is 1. The van der Waals surface area contributed by atoms with Crippen LogP contribution in [0.5, 0.6) is 0 Å². The molecule has 0 aliphatic heterocycles. The van der Waals surface area contributed by atoms with Gasteiger partial charge in [0.05, 0.1) is 16.7 Å². The molecule has 0 unspecified atom stereocenters. The van der Waals surface area contributed by atoms with Crippen molar-refractivity contribution in [1.29, 1.82) is 5.26 Å². The number of nitrogens with one attached hydrogen (secondary N) is 3. The van der Waals surface area contributed by atoms with E-state index in [4.69, 9.17) is 30.4 Å². The number of para-hydroxylation sites is 1.